The second-order valence-electron chi connectivity index (χ2n) is 5.29. The van der Waals surface area contributed by atoms with Crippen LogP contribution in [0.15, 0.2) is 12.7 Å². The van der Waals surface area contributed by atoms with Gasteiger partial charge in [0.2, 0.25) is 0 Å². The van der Waals surface area contributed by atoms with Gasteiger partial charge in [0, 0.05) is 18.5 Å². The van der Waals surface area contributed by atoms with E-state index in [0.717, 1.165) is 13.2 Å². The molecule has 82 valence electrons. The average Bonchev–Trinajstić information content (AvgIpc) is 2.15. The summed E-state index contributed by atoms with van der Waals surface area (Å²) in [6, 6.07) is 0.468. The Hall–Kier alpha value is -0.340. The van der Waals surface area contributed by atoms with Crippen molar-refractivity contribution in [2.24, 2.45) is 11.3 Å². The van der Waals surface area contributed by atoms with E-state index in [9.17, 15) is 0 Å². The summed E-state index contributed by atoms with van der Waals surface area (Å²) in [6.07, 6.45) is 2.26. The average molecular weight is 197 g/mol. The highest BCUT2D eigenvalue weighted by atomic mass is 16.5. The van der Waals surface area contributed by atoms with E-state index >= 15 is 0 Å². The molecule has 3 atom stereocenters. The fourth-order valence-electron chi connectivity index (χ4n) is 1.64. The van der Waals surface area contributed by atoms with Crippen molar-refractivity contribution in [1.29, 1.82) is 0 Å². The van der Waals surface area contributed by atoms with E-state index in [1.165, 1.54) is 0 Å². The van der Waals surface area contributed by atoms with Crippen LogP contribution in [0.4, 0.5) is 0 Å². The van der Waals surface area contributed by atoms with E-state index in [1.807, 2.05) is 6.08 Å². The summed E-state index contributed by atoms with van der Waals surface area (Å²) < 4.78 is 5.84. The molecule has 1 aliphatic rings. The summed E-state index contributed by atoms with van der Waals surface area (Å²) in [5.74, 6) is 0.434. The lowest BCUT2D eigenvalue weighted by Crippen LogP contribution is -2.53. The molecule has 0 bridgehead atoms. The van der Waals surface area contributed by atoms with Crippen molar-refractivity contribution in [2.45, 2.75) is 39.8 Å². The first kappa shape index (κ1) is 11.7. The molecule has 0 spiro atoms. The van der Waals surface area contributed by atoms with Gasteiger partial charge in [0.25, 0.3) is 0 Å². The highest BCUT2D eigenvalue weighted by Crippen LogP contribution is 2.23. The van der Waals surface area contributed by atoms with Crippen LogP contribution in [-0.2, 0) is 4.74 Å². The maximum absolute atomic E-state index is 5.84. The Labute approximate surface area is 87.7 Å². The third kappa shape index (κ3) is 2.82. The fraction of sp³-hybridized carbons (Fsp3) is 0.833. The molecule has 0 aliphatic carbocycles. The van der Waals surface area contributed by atoms with E-state index in [-0.39, 0.29) is 5.41 Å². The van der Waals surface area contributed by atoms with Crippen molar-refractivity contribution in [3.05, 3.63) is 12.7 Å². The Morgan fingerprint density at radius 1 is 1.50 bits per heavy atom. The van der Waals surface area contributed by atoms with Crippen molar-refractivity contribution in [1.82, 2.24) is 5.32 Å². The largest absolute Gasteiger partial charge is 0.375 e. The molecule has 1 saturated heterocycles. The highest BCUT2D eigenvalue weighted by molar-refractivity contribution is 4.90. The number of morpholine rings is 1. The Balaban J connectivity index is 2.42. The monoisotopic (exact) mass is 197 g/mol. The first-order chi connectivity index (χ1) is 6.45. The van der Waals surface area contributed by atoms with Gasteiger partial charge in [-0.3, -0.25) is 0 Å². The molecule has 1 fully saturated rings. The smallest absolute Gasteiger partial charge is 0.0760 e. The summed E-state index contributed by atoms with van der Waals surface area (Å²) in [5, 5.41) is 3.55. The van der Waals surface area contributed by atoms with Crippen LogP contribution >= 0.6 is 0 Å². The van der Waals surface area contributed by atoms with Gasteiger partial charge >= 0.3 is 0 Å². The van der Waals surface area contributed by atoms with Gasteiger partial charge in [-0.25, -0.2) is 0 Å². The highest BCUT2D eigenvalue weighted by Gasteiger charge is 2.31. The quantitative estimate of drug-likeness (QED) is 0.685. The zero-order valence-corrected chi connectivity index (χ0v) is 9.84. The molecular formula is C12H23NO. The van der Waals surface area contributed by atoms with Gasteiger partial charge < -0.3 is 10.1 Å². The van der Waals surface area contributed by atoms with Crippen LogP contribution in [0, 0.1) is 11.3 Å². The molecule has 1 rings (SSSR count). The molecule has 1 aliphatic heterocycles. The molecule has 0 aromatic carbocycles. The second kappa shape index (κ2) is 4.45. The van der Waals surface area contributed by atoms with E-state index < -0.39 is 0 Å². The Morgan fingerprint density at radius 3 is 2.50 bits per heavy atom. The Morgan fingerprint density at radius 2 is 2.14 bits per heavy atom. The normalized spacial score (nSPS) is 31.1. The molecule has 1 heterocycles. The molecule has 0 aromatic heterocycles. The fourth-order valence-corrected chi connectivity index (χ4v) is 1.64. The molecule has 0 aromatic rings. The number of hydrogen-bond acceptors (Lipinski definition) is 2. The molecular weight excluding hydrogens is 174 g/mol. The Kier molecular flexibility index (Phi) is 3.73. The number of rotatable bonds is 2. The van der Waals surface area contributed by atoms with Gasteiger partial charge in [0.05, 0.1) is 12.7 Å². The third-order valence-electron chi connectivity index (χ3n) is 3.05. The minimum Gasteiger partial charge on any atom is -0.375 e. The first-order valence-electron chi connectivity index (χ1n) is 5.42. The maximum atomic E-state index is 5.84. The number of nitrogens with one attached hydrogen (secondary N) is 1. The minimum absolute atomic E-state index is 0.280. The van der Waals surface area contributed by atoms with Crippen LogP contribution in [0.25, 0.3) is 0 Å². The topological polar surface area (TPSA) is 21.3 Å². The van der Waals surface area contributed by atoms with E-state index in [4.69, 9.17) is 4.74 Å². The van der Waals surface area contributed by atoms with Gasteiger partial charge in [-0.2, -0.15) is 0 Å². The molecule has 1 N–H and O–H groups in total. The van der Waals surface area contributed by atoms with Crippen molar-refractivity contribution >= 4 is 0 Å². The first-order valence-corrected chi connectivity index (χ1v) is 5.42. The number of hydrogen-bond donors (Lipinski definition) is 1. The lowest BCUT2D eigenvalue weighted by atomic mass is 9.86. The molecule has 2 heteroatoms. The predicted octanol–water partition coefficient (Wildman–Crippen LogP) is 2.21. The summed E-state index contributed by atoms with van der Waals surface area (Å²) in [7, 11) is 0. The number of ether oxygens (including phenoxy) is 1. The van der Waals surface area contributed by atoms with Gasteiger partial charge in [0.15, 0.2) is 0 Å². The van der Waals surface area contributed by atoms with Crippen molar-refractivity contribution in [2.75, 3.05) is 13.2 Å². The maximum Gasteiger partial charge on any atom is 0.0760 e. The van der Waals surface area contributed by atoms with E-state index in [1.54, 1.807) is 0 Å². The van der Waals surface area contributed by atoms with Crippen LogP contribution in [-0.4, -0.2) is 25.3 Å². The summed E-state index contributed by atoms with van der Waals surface area (Å²) in [6.45, 7) is 14.4. The summed E-state index contributed by atoms with van der Waals surface area (Å²) in [5.41, 5.74) is 0.280. The van der Waals surface area contributed by atoms with E-state index in [2.05, 4.69) is 39.6 Å². The van der Waals surface area contributed by atoms with Gasteiger partial charge in [-0.1, -0.05) is 33.8 Å². The van der Waals surface area contributed by atoms with E-state index in [0.29, 0.717) is 18.1 Å². The molecule has 0 amide bonds. The van der Waals surface area contributed by atoms with Crippen LogP contribution < -0.4 is 5.32 Å². The van der Waals surface area contributed by atoms with Crippen molar-refractivity contribution < 1.29 is 4.74 Å². The van der Waals surface area contributed by atoms with Crippen molar-refractivity contribution in [3.8, 4) is 0 Å². The molecule has 14 heavy (non-hydrogen) atoms. The second-order valence-corrected chi connectivity index (χ2v) is 5.29. The van der Waals surface area contributed by atoms with Crippen LogP contribution in [0.5, 0.6) is 0 Å². The third-order valence-corrected chi connectivity index (χ3v) is 3.05. The standard InChI is InChI=1S/C12H23NO/c1-6-9(2)10-7-13-11(8-14-10)12(3,4)5/h6,9-11,13H,1,7-8H2,2-5H3. The zero-order chi connectivity index (χ0) is 10.8. The van der Waals surface area contributed by atoms with Crippen LogP contribution in [0.2, 0.25) is 0 Å². The van der Waals surface area contributed by atoms with Crippen molar-refractivity contribution in [3.63, 3.8) is 0 Å². The Bertz CT molecular complexity index is 187. The van der Waals surface area contributed by atoms with Crippen LogP contribution in [0.3, 0.4) is 0 Å². The van der Waals surface area contributed by atoms with Gasteiger partial charge in [-0.05, 0) is 5.41 Å². The van der Waals surface area contributed by atoms with Gasteiger partial charge in [0.1, 0.15) is 0 Å². The SMILES string of the molecule is C=CC(C)C1CNC(C(C)(C)C)CO1. The molecule has 0 saturated carbocycles. The molecule has 3 unspecified atom stereocenters. The van der Waals surface area contributed by atoms with Crippen LogP contribution in [0.1, 0.15) is 27.7 Å². The summed E-state index contributed by atoms with van der Waals surface area (Å²) in [4.78, 5) is 0. The summed E-state index contributed by atoms with van der Waals surface area (Å²) >= 11 is 0. The lowest BCUT2D eigenvalue weighted by molar-refractivity contribution is -0.0367. The zero-order valence-electron chi connectivity index (χ0n) is 9.84. The molecule has 2 nitrogen and oxygen atoms in total. The predicted molar refractivity (Wildman–Crippen MR) is 60.3 cm³/mol. The minimum atomic E-state index is 0.280. The van der Waals surface area contributed by atoms with Gasteiger partial charge in [-0.15, -0.1) is 6.58 Å². The lowest BCUT2D eigenvalue weighted by Gasteiger charge is -2.39. The molecule has 0 radical (unpaired) electrons.